The summed E-state index contributed by atoms with van der Waals surface area (Å²) < 4.78 is 0. The number of aromatic nitrogens is 2. The van der Waals surface area contributed by atoms with Crippen LogP contribution in [0.5, 0.6) is 0 Å². The van der Waals surface area contributed by atoms with Gasteiger partial charge in [-0.1, -0.05) is 6.42 Å². The molecule has 1 atom stereocenters. The van der Waals surface area contributed by atoms with Crippen LogP contribution in [0.1, 0.15) is 30.9 Å². The lowest BCUT2D eigenvalue weighted by atomic mass is 9.83. The number of nitrogens with zero attached hydrogens (tertiary/aromatic N) is 3. The molecule has 3 rings (SSSR count). The normalized spacial score (nSPS) is 25.0. The van der Waals surface area contributed by atoms with Gasteiger partial charge >= 0.3 is 0 Å². The maximum Gasteiger partial charge on any atom is 0.148 e. The van der Waals surface area contributed by atoms with Crippen LogP contribution in [-0.4, -0.2) is 54.4 Å². The highest BCUT2D eigenvalue weighted by atomic mass is 15.2. The molecule has 0 radical (unpaired) electrons. The van der Waals surface area contributed by atoms with Crippen LogP contribution in [0, 0.1) is 0 Å². The molecule has 1 aliphatic carbocycles. The molecule has 0 aromatic carbocycles. The highest BCUT2D eigenvalue weighted by molar-refractivity contribution is 5.34. The highest BCUT2D eigenvalue weighted by Crippen LogP contribution is 2.34. The van der Waals surface area contributed by atoms with Gasteiger partial charge in [0.05, 0.1) is 5.69 Å². The lowest BCUT2D eigenvalue weighted by Gasteiger charge is -2.33. The molecule has 1 unspecified atom stereocenters. The Kier molecular flexibility index (Phi) is 3.94. The molecule has 2 N–H and O–H groups in total. The Morgan fingerprint density at radius 3 is 2.89 bits per heavy atom. The average Bonchev–Trinajstić information content (AvgIpc) is 2.37. The van der Waals surface area contributed by atoms with Crippen molar-refractivity contribution in [1.29, 1.82) is 0 Å². The second-order valence-corrected chi connectivity index (χ2v) is 5.69. The number of hydrogen-bond acceptors (Lipinski definition) is 5. The van der Waals surface area contributed by atoms with Gasteiger partial charge in [-0.15, -0.1) is 5.10 Å². The van der Waals surface area contributed by atoms with Crippen molar-refractivity contribution in [3.63, 3.8) is 0 Å². The van der Waals surface area contributed by atoms with Crippen LogP contribution in [0.15, 0.2) is 12.1 Å². The monoisotopic (exact) mass is 261 g/mol. The Balaban J connectivity index is 1.51. The third kappa shape index (κ3) is 3.04. The summed E-state index contributed by atoms with van der Waals surface area (Å²) in [5, 5.41) is 15.4. The highest BCUT2D eigenvalue weighted by Gasteiger charge is 2.21. The molecule has 2 heterocycles. The lowest BCUT2D eigenvalue weighted by Crippen LogP contribution is -2.52. The van der Waals surface area contributed by atoms with E-state index in [1.54, 1.807) is 0 Å². The van der Waals surface area contributed by atoms with E-state index in [2.05, 4.69) is 44.9 Å². The smallest absolute Gasteiger partial charge is 0.148 e. The molecule has 2 aliphatic rings. The minimum Gasteiger partial charge on any atom is -0.367 e. The van der Waals surface area contributed by atoms with E-state index in [1.165, 1.54) is 19.3 Å². The minimum absolute atomic E-state index is 0.529. The molecule has 2 fully saturated rings. The van der Waals surface area contributed by atoms with Crippen molar-refractivity contribution in [3.05, 3.63) is 17.8 Å². The van der Waals surface area contributed by atoms with Crippen molar-refractivity contribution in [2.45, 2.75) is 31.2 Å². The van der Waals surface area contributed by atoms with Crippen molar-refractivity contribution in [2.75, 3.05) is 38.5 Å². The third-order valence-electron chi connectivity index (χ3n) is 4.37. The second kappa shape index (κ2) is 5.84. The summed E-state index contributed by atoms with van der Waals surface area (Å²) in [6, 6.07) is 4.72. The average molecular weight is 261 g/mol. The number of rotatable bonds is 4. The van der Waals surface area contributed by atoms with E-state index in [0.717, 1.165) is 37.7 Å². The van der Waals surface area contributed by atoms with E-state index in [1.807, 2.05) is 0 Å². The number of nitrogens with one attached hydrogen (secondary N) is 2. The fourth-order valence-electron chi connectivity index (χ4n) is 2.67. The van der Waals surface area contributed by atoms with Gasteiger partial charge in [0.1, 0.15) is 5.82 Å². The van der Waals surface area contributed by atoms with Crippen LogP contribution in [0.25, 0.3) is 0 Å². The van der Waals surface area contributed by atoms with E-state index < -0.39 is 0 Å². The SMILES string of the molecule is CN1CCNCC1CNc1ccc(C2CCC2)nn1. The van der Waals surface area contributed by atoms with Crippen LogP contribution >= 0.6 is 0 Å². The molecule has 5 heteroatoms. The van der Waals surface area contributed by atoms with Crippen molar-refractivity contribution in [2.24, 2.45) is 0 Å². The standard InChI is InChI=1S/C14H23N5/c1-19-8-7-15-9-12(19)10-16-14-6-5-13(17-18-14)11-3-2-4-11/h5-6,11-12,15H,2-4,7-10H2,1H3,(H,16,18). The van der Waals surface area contributed by atoms with Gasteiger partial charge in [0.2, 0.25) is 0 Å². The predicted octanol–water partition coefficient (Wildman–Crippen LogP) is 1.06. The van der Waals surface area contributed by atoms with Crippen LogP contribution in [0.3, 0.4) is 0 Å². The largest absolute Gasteiger partial charge is 0.367 e. The molecule has 1 saturated carbocycles. The predicted molar refractivity (Wildman–Crippen MR) is 76.4 cm³/mol. The van der Waals surface area contributed by atoms with Gasteiger partial charge in [0.15, 0.2) is 0 Å². The van der Waals surface area contributed by atoms with Crippen molar-refractivity contribution >= 4 is 5.82 Å². The molecule has 1 aromatic rings. The maximum atomic E-state index is 4.34. The second-order valence-electron chi connectivity index (χ2n) is 5.69. The Morgan fingerprint density at radius 2 is 2.26 bits per heavy atom. The van der Waals surface area contributed by atoms with Gasteiger partial charge in [-0.25, -0.2) is 0 Å². The fraction of sp³-hybridized carbons (Fsp3) is 0.714. The Labute approximate surface area is 114 Å². The summed E-state index contributed by atoms with van der Waals surface area (Å²) in [5.41, 5.74) is 1.16. The molecule has 0 bridgehead atoms. The molecule has 19 heavy (non-hydrogen) atoms. The molecule has 1 saturated heterocycles. The zero-order chi connectivity index (χ0) is 13.1. The summed E-state index contributed by atoms with van der Waals surface area (Å²) in [6.45, 7) is 4.15. The number of anilines is 1. The Morgan fingerprint density at radius 1 is 1.37 bits per heavy atom. The Bertz CT molecular complexity index is 401. The van der Waals surface area contributed by atoms with Crippen LogP contribution < -0.4 is 10.6 Å². The van der Waals surface area contributed by atoms with E-state index in [9.17, 15) is 0 Å². The molecular weight excluding hydrogens is 238 g/mol. The minimum atomic E-state index is 0.529. The van der Waals surface area contributed by atoms with Gasteiger partial charge in [-0.05, 0) is 32.0 Å². The molecule has 5 nitrogen and oxygen atoms in total. The first-order valence-corrected chi connectivity index (χ1v) is 7.31. The number of hydrogen-bond donors (Lipinski definition) is 2. The quantitative estimate of drug-likeness (QED) is 0.849. The van der Waals surface area contributed by atoms with E-state index in [4.69, 9.17) is 0 Å². The lowest BCUT2D eigenvalue weighted by molar-refractivity contribution is 0.209. The van der Waals surface area contributed by atoms with E-state index >= 15 is 0 Å². The topological polar surface area (TPSA) is 53.1 Å². The molecule has 0 spiro atoms. The van der Waals surface area contributed by atoms with E-state index in [-0.39, 0.29) is 0 Å². The first kappa shape index (κ1) is 12.8. The molecule has 1 aromatic heterocycles. The summed E-state index contributed by atoms with van der Waals surface area (Å²) in [7, 11) is 2.18. The van der Waals surface area contributed by atoms with Crippen LogP contribution in [-0.2, 0) is 0 Å². The summed E-state index contributed by atoms with van der Waals surface area (Å²) in [6.07, 6.45) is 3.90. The van der Waals surface area contributed by atoms with Crippen molar-refractivity contribution < 1.29 is 0 Å². The van der Waals surface area contributed by atoms with Gasteiger partial charge in [0, 0.05) is 38.1 Å². The zero-order valence-corrected chi connectivity index (χ0v) is 11.6. The zero-order valence-electron chi connectivity index (χ0n) is 11.6. The van der Waals surface area contributed by atoms with Crippen molar-refractivity contribution in [1.82, 2.24) is 20.4 Å². The van der Waals surface area contributed by atoms with Gasteiger partial charge in [-0.2, -0.15) is 5.10 Å². The number of likely N-dealkylation sites (N-methyl/N-ethyl adjacent to an activating group) is 1. The van der Waals surface area contributed by atoms with Crippen LogP contribution in [0.2, 0.25) is 0 Å². The first-order chi connectivity index (χ1) is 9.33. The van der Waals surface area contributed by atoms with Crippen molar-refractivity contribution in [3.8, 4) is 0 Å². The van der Waals surface area contributed by atoms with Gasteiger partial charge in [-0.3, -0.25) is 4.90 Å². The Hall–Kier alpha value is -1.20. The number of piperazine rings is 1. The van der Waals surface area contributed by atoms with Gasteiger partial charge in [0.25, 0.3) is 0 Å². The fourth-order valence-corrected chi connectivity index (χ4v) is 2.67. The first-order valence-electron chi connectivity index (χ1n) is 7.31. The maximum absolute atomic E-state index is 4.34. The third-order valence-corrected chi connectivity index (χ3v) is 4.37. The van der Waals surface area contributed by atoms with Gasteiger partial charge < -0.3 is 10.6 Å². The molecule has 0 amide bonds. The van der Waals surface area contributed by atoms with Crippen LogP contribution in [0.4, 0.5) is 5.82 Å². The van der Waals surface area contributed by atoms with E-state index in [0.29, 0.717) is 12.0 Å². The summed E-state index contributed by atoms with van der Waals surface area (Å²) in [5.74, 6) is 1.55. The summed E-state index contributed by atoms with van der Waals surface area (Å²) in [4.78, 5) is 2.39. The molecule has 104 valence electrons. The summed E-state index contributed by atoms with van der Waals surface area (Å²) >= 11 is 0. The molecule has 1 aliphatic heterocycles. The molecular formula is C14H23N5.